The van der Waals surface area contributed by atoms with E-state index in [9.17, 15) is 5.11 Å². The van der Waals surface area contributed by atoms with Gasteiger partial charge in [-0.25, -0.2) is 0 Å². The second kappa shape index (κ2) is 3.99. The minimum Gasteiger partial charge on any atom is -0.508 e. The monoisotopic (exact) mass is 248 g/mol. The van der Waals surface area contributed by atoms with Crippen molar-refractivity contribution in [1.29, 1.82) is 0 Å². The Morgan fingerprint density at radius 3 is 2.68 bits per heavy atom. The van der Waals surface area contributed by atoms with E-state index >= 15 is 0 Å². The molecule has 0 aromatic heterocycles. The molecule has 0 heterocycles. The smallest absolute Gasteiger partial charge is 0.116 e. The number of rotatable bonds is 0. The number of phenolic OH excluding ortho intramolecular Hbond substituents is 1. The zero-order valence-electron chi connectivity index (χ0n) is 10.8. The number of hydrogen-bond donors (Lipinski definition) is 1. The lowest BCUT2D eigenvalue weighted by Gasteiger charge is -2.16. The van der Waals surface area contributed by atoms with E-state index in [2.05, 4.69) is 24.3 Å². The maximum atomic E-state index is 9.60. The normalized spacial score (nSPS) is 15.6. The third-order valence-corrected chi connectivity index (χ3v) is 4.31. The zero-order valence-corrected chi connectivity index (χ0v) is 10.8. The molecular weight excluding hydrogens is 232 g/mol. The Labute approximate surface area is 111 Å². The van der Waals surface area contributed by atoms with Gasteiger partial charge in [0.25, 0.3) is 0 Å². The Kier molecular flexibility index (Phi) is 2.28. The number of phenols is 1. The van der Waals surface area contributed by atoms with Gasteiger partial charge in [0, 0.05) is 0 Å². The van der Waals surface area contributed by atoms with Crippen LogP contribution < -0.4 is 10.4 Å². The van der Waals surface area contributed by atoms with E-state index in [1.165, 1.54) is 40.5 Å². The van der Waals surface area contributed by atoms with Crippen molar-refractivity contribution >= 4 is 12.2 Å². The first-order valence-electron chi connectivity index (χ1n) is 6.97. The van der Waals surface area contributed by atoms with Crippen LogP contribution in [0.2, 0.25) is 0 Å². The average Bonchev–Trinajstić information content (AvgIpc) is 2.46. The number of hydrogen-bond acceptors (Lipinski definition) is 1. The van der Waals surface area contributed by atoms with Gasteiger partial charge in [0.2, 0.25) is 0 Å². The molecule has 2 aliphatic rings. The summed E-state index contributed by atoms with van der Waals surface area (Å²) in [5.41, 5.74) is 3.03. The van der Waals surface area contributed by atoms with Crippen LogP contribution in [0.3, 0.4) is 0 Å². The summed E-state index contributed by atoms with van der Waals surface area (Å²) in [7, 11) is 0. The predicted molar refractivity (Wildman–Crippen MR) is 77.0 cm³/mol. The van der Waals surface area contributed by atoms with Gasteiger partial charge >= 0.3 is 0 Å². The number of benzene rings is 2. The van der Waals surface area contributed by atoms with Crippen molar-refractivity contribution in [3.63, 3.8) is 0 Å². The van der Waals surface area contributed by atoms with Crippen molar-refractivity contribution < 1.29 is 5.11 Å². The van der Waals surface area contributed by atoms with Crippen molar-refractivity contribution in [2.45, 2.75) is 25.7 Å². The fourth-order valence-electron chi connectivity index (χ4n) is 3.40. The topological polar surface area (TPSA) is 20.2 Å². The Morgan fingerprint density at radius 2 is 1.74 bits per heavy atom. The lowest BCUT2D eigenvalue weighted by atomic mass is 9.89. The minimum absolute atomic E-state index is 0.352. The second-order valence-corrected chi connectivity index (χ2v) is 5.44. The van der Waals surface area contributed by atoms with Crippen LogP contribution in [0.5, 0.6) is 5.75 Å². The highest BCUT2D eigenvalue weighted by Crippen LogP contribution is 2.18. The molecule has 1 N–H and O–H groups in total. The Bertz CT molecular complexity index is 875. The van der Waals surface area contributed by atoms with Crippen LogP contribution in [0.1, 0.15) is 24.0 Å². The molecule has 0 spiro atoms. The second-order valence-electron chi connectivity index (χ2n) is 5.44. The zero-order chi connectivity index (χ0) is 12.8. The molecule has 0 unspecified atom stereocenters. The molecule has 0 atom stereocenters. The van der Waals surface area contributed by atoms with Crippen molar-refractivity contribution in [3.05, 3.63) is 62.3 Å². The molecule has 0 amide bonds. The van der Waals surface area contributed by atoms with Crippen LogP contribution >= 0.6 is 0 Å². The largest absolute Gasteiger partial charge is 0.508 e. The summed E-state index contributed by atoms with van der Waals surface area (Å²) >= 11 is 0. The Balaban J connectivity index is 2.21. The third kappa shape index (κ3) is 1.61. The van der Waals surface area contributed by atoms with Gasteiger partial charge in [0.05, 0.1) is 0 Å². The van der Waals surface area contributed by atoms with E-state index in [-0.39, 0.29) is 0 Å². The van der Waals surface area contributed by atoms with Gasteiger partial charge in [-0.3, -0.25) is 0 Å². The van der Waals surface area contributed by atoms with E-state index < -0.39 is 0 Å². The van der Waals surface area contributed by atoms with Gasteiger partial charge in [-0.1, -0.05) is 30.4 Å². The van der Waals surface area contributed by atoms with Crippen molar-refractivity contribution in [2.75, 3.05) is 0 Å². The van der Waals surface area contributed by atoms with Crippen molar-refractivity contribution in [2.24, 2.45) is 0 Å². The van der Waals surface area contributed by atoms with Gasteiger partial charge in [-0.05, 0) is 69.8 Å². The molecule has 2 aromatic carbocycles. The predicted octanol–water partition coefficient (Wildman–Crippen LogP) is 2.13. The average molecular weight is 248 g/mol. The quantitative estimate of drug-likeness (QED) is 0.757. The highest BCUT2D eigenvalue weighted by atomic mass is 16.3. The first kappa shape index (κ1) is 10.9. The van der Waals surface area contributed by atoms with E-state index in [0.29, 0.717) is 5.75 Å². The lowest BCUT2D eigenvalue weighted by molar-refractivity contribution is 0.474. The van der Waals surface area contributed by atoms with Crippen LogP contribution in [0.4, 0.5) is 0 Å². The molecule has 94 valence electrons. The first-order chi connectivity index (χ1) is 9.33. The minimum atomic E-state index is 0.352. The van der Waals surface area contributed by atoms with Crippen LogP contribution in [-0.4, -0.2) is 5.11 Å². The van der Waals surface area contributed by atoms with E-state index in [4.69, 9.17) is 0 Å². The molecule has 0 aliphatic heterocycles. The molecule has 0 bridgehead atoms. The summed E-state index contributed by atoms with van der Waals surface area (Å²) in [6.45, 7) is 0. The number of aromatic hydroxyl groups is 1. The maximum Gasteiger partial charge on any atom is 0.116 e. The van der Waals surface area contributed by atoms with E-state index in [1.54, 1.807) is 11.6 Å². The summed E-state index contributed by atoms with van der Waals surface area (Å²) in [4.78, 5) is 0. The summed E-state index contributed by atoms with van der Waals surface area (Å²) in [6, 6.07) is 10.2. The lowest BCUT2D eigenvalue weighted by Crippen LogP contribution is -2.19. The third-order valence-electron chi connectivity index (χ3n) is 4.31. The fraction of sp³-hybridized carbons (Fsp3) is 0.222. The maximum absolute atomic E-state index is 9.60. The number of fused-ring (bicyclic) bond motifs is 4. The molecule has 4 rings (SSSR count). The van der Waals surface area contributed by atoms with Gasteiger partial charge in [-0.15, -0.1) is 0 Å². The van der Waals surface area contributed by atoms with E-state index in [1.807, 2.05) is 12.1 Å². The van der Waals surface area contributed by atoms with E-state index in [0.717, 1.165) is 11.6 Å². The fourth-order valence-corrected chi connectivity index (χ4v) is 3.40. The standard InChI is InChI=1S/C18H16O/c19-14-7-10-16-13(11-14)6-9-17-15-4-2-1-3-12(15)5-8-18(16)17/h3,5-8,10-11,19H,1-2,4,9H2. The molecule has 1 heteroatoms. The molecule has 0 saturated heterocycles. The van der Waals surface area contributed by atoms with Crippen molar-refractivity contribution in [3.8, 4) is 5.75 Å². The van der Waals surface area contributed by atoms with Crippen molar-refractivity contribution in [1.82, 2.24) is 0 Å². The molecule has 19 heavy (non-hydrogen) atoms. The van der Waals surface area contributed by atoms with Gasteiger partial charge in [0.1, 0.15) is 5.75 Å². The Morgan fingerprint density at radius 1 is 0.842 bits per heavy atom. The van der Waals surface area contributed by atoms with Crippen LogP contribution in [0.25, 0.3) is 12.2 Å². The molecule has 0 radical (unpaired) electrons. The van der Waals surface area contributed by atoms with Crippen LogP contribution in [-0.2, 0) is 12.8 Å². The molecule has 0 saturated carbocycles. The van der Waals surface area contributed by atoms with Gasteiger partial charge < -0.3 is 5.11 Å². The van der Waals surface area contributed by atoms with Crippen LogP contribution in [0.15, 0.2) is 30.3 Å². The first-order valence-corrected chi connectivity index (χ1v) is 6.97. The summed E-state index contributed by atoms with van der Waals surface area (Å²) in [5, 5.41) is 14.8. The van der Waals surface area contributed by atoms with Gasteiger partial charge in [-0.2, -0.15) is 0 Å². The summed E-state index contributed by atoms with van der Waals surface area (Å²) in [5.74, 6) is 0.352. The molecule has 0 fully saturated rings. The molecule has 2 aromatic rings. The highest BCUT2D eigenvalue weighted by Gasteiger charge is 2.11. The SMILES string of the molecule is Oc1ccc2c(c1)=CCc1c3c(ccc1=2)=CCCC3. The molecule has 2 aliphatic carbocycles. The summed E-state index contributed by atoms with van der Waals surface area (Å²) < 4.78 is 0. The summed E-state index contributed by atoms with van der Waals surface area (Å²) in [6.07, 6.45) is 9.28. The van der Waals surface area contributed by atoms with Crippen LogP contribution in [0, 0.1) is 10.4 Å². The molecular formula is C18H16O. The highest BCUT2D eigenvalue weighted by molar-refractivity contribution is 5.48. The van der Waals surface area contributed by atoms with Gasteiger partial charge in [0.15, 0.2) is 0 Å². The Hall–Kier alpha value is -2.02. The molecule has 1 nitrogen and oxygen atoms in total.